The van der Waals surface area contributed by atoms with Crippen LogP contribution in [0, 0.1) is 0 Å². The molecule has 0 saturated carbocycles. The number of hydrogen-bond acceptors (Lipinski definition) is 10. The lowest BCUT2D eigenvalue weighted by Gasteiger charge is -2.18. The number of benzene rings is 2. The van der Waals surface area contributed by atoms with E-state index in [2.05, 4.69) is 0 Å². The average molecular weight is 612 g/mol. The van der Waals surface area contributed by atoms with Crippen molar-refractivity contribution in [3.63, 3.8) is 0 Å². The smallest absolute Gasteiger partial charge is 0.303 e. The van der Waals surface area contributed by atoms with Gasteiger partial charge in [-0.25, -0.2) is 8.42 Å². The van der Waals surface area contributed by atoms with Gasteiger partial charge in [0.2, 0.25) is 9.84 Å². The first-order chi connectivity index (χ1) is 17.8. The van der Waals surface area contributed by atoms with Crippen molar-refractivity contribution in [2.45, 2.75) is 42.8 Å². The molecule has 2 rings (SSSR count). The molecule has 0 aliphatic carbocycles. The van der Waals surface area contributed by atoms with Gasteiger partial charge >= 0.3 is 17.9 Å². The minimum absolute atomic E-state index is 0.000726. The molecule has 0 N–H and O–H groups in total. The third-order valence-electron chi connectivity index (χ3n) is 4.59. The molecule has 10 nitrogen and oxygen atoms in total. The molecule has 14 heteroatoms. The fourth-order valence-electron chi connectivity index (χ4n) is 2.94. The lowest BCUT2D eigenvalue weighted by molar-refractivity contribution is -0.158. The molecule has 0 bridgehead atoms. The summed E-state index contributed by atoms with van der Waals surface area (Å²) in [6.07, 6.45) is -1.60. The van der Waals surface area contributed by atoms with Crippen LogP contribution in [0.3, 0.4) is 0 Å². The summed E-state index contributed by atoms with van der Waals surface area (Å²) in [6.45, 7) is 3.14. The number of sulfone groups is 1. The molecule has 0 aromatic heterocycles. The molecule has 0 unspecified atom stereocenters. The van der Waals surface area contributed by atoms with Gasteiger partial charge < -0.3 is 23.7 Å². The Balaban J connectivity index is 2.14. The third kappa shape index (κ3) is 9.54. The minimum atomic E-state index is -4.03. The van der Waals surface area contributed by atoms with Gasteiger partial charge in [-0.2, -0.15) is 0 Å². The highest BCUT2D eigenvalue weighted by atomic mass is 35.5. The van der Waals surface area contributed by atoms with Crippen molar-refractivity contribution in [2.24, 2.45) is 0 Å². The van der Waals surface area contributed by atoms with Crippen LogP contribution < -0.4 is 9.47 Å². The SMILES string of the molecule is CC(=O)OC[C@H](COc1ccc(S(=O)(=O)c2ccc(OC[C@H](CCl)OC(C)=O)c(Cl)c2)cc1Cl)OC(C)=O. The van der Waals surface area contributed by atoms with E-state index < -0.39 is 40.0 Å². The molecular weight excluding hydrogens is 587 g/mol. The molecule has 0 fully saturated rings. The Morgan fingerprint density at radius 2 is 1.18 bits per heavy atom. The number of carbonyl (C=O) groups excluding carboxylic acids is 3. The molecule has 0 spiro atoms. The van der Waals surface area contributed by atoms with Crippen molar-refractivity contribution in [1.82, 2.24) is 0 Å². The molecule has 0 aliphatic heterocycles. The quantitative estimate of drug-likeness (QED) is 0.184. The summed E-state index contributed by atoms with van der Waals surface area (Å²) in [7, 11) is -4.03. The van der Waals surface area contributed by atoms with E-state index in [0.29, 0.717) is 0 Å². The zero-order chi connectivity index (χ0) is 28.5. The van der Waals surface area contributed by atoms with Gasteiger partial charge in [0.15, 0.2) is 6.10 Å². The average Bonchev–Trinajstić information content (AvgIpc) is 2.83. The zero-order valence-corrected chi connectivity index (χ0v) is 23.7. The first-order valence-electron chi connectivity index (χ1n) is 11.0. The van der Waals surface area contributed by atoms with Crippen LogP contribution in [0.5, 0.6) is 11.5 Å². The van der Waals surface area contributed by atoms with Crippen LogP contribution in [0.4, 0.5) is 0 Å². The van der Waals surface area contributed by atoms with Gasteiger partial charge in [-0.3, -0.25) is 14.4 Å². The van der Waals surface area contributed by atoms with Crippen molar-refractivity contribution in [3.8, 4) is 11.5 Å². The second-order valence-corrected chi connectivity index (χ2v) is 10.8. The topological polar surface area (TPSA) is 132 Å². The number of esters is 3. The monoisotopic (exact) mass is 610 g/mol. The van der Waals surface area contributed by atoms with E-state index in [1.165, 1.54) is 57.2 Å². The fraction of sp³-hybridized carbons (Fsp3) is 0.375. The standard InChI is InChI=1S/C24H25Cl3O10S/c1-14(28)33-12-18(37-16(3)30)13-35-24-7-5-20(9-22(24)27)38(31,32)19-4-6-23(21(26)8-19)34-11-17(10-25)36-15(2)29/h4-9,17-18H,10-13H2,1-3H3/t17-,18+/m0/s1. The number of rotatable bonds is 13. The van der Waals surface area contributed by atoms with Gasteiger partial charge in [0.25, 0.3) is 0 Å². The Kier molecular flexibility index (Phi) is 12.0. The van der Waals surface area contributed by atoms with Crippen LogP contribution >= 0.6 is 34.8 Å². The maximum absolute atomic E-state index is 13.2. The summed E-state index contributed by atoms with van der Waals surface area (Å²) >= 11 is 18.2. The first-order valence-corrected chi connectivity index (χ1v) is 13.7. The number of ether oxygens (including phenoxy) is 5. The molecule has 0 heterocycles. The maximum Gasteiger partial charge on any atom is 0.303 e. The summed E-state index contributed by atoms with van der Waals surface area (Å²) < 4.78 is 52.2. The van der Waals surface area contributed by atoms with E-state index >= 15 is 0 Å². The van der Waals surface area contributed by atoms with E-state index in [0.717, 1.165) is 0 Å². The Hall–Kier alpha value is -2.73. The zero-order valence-electron chi connectivity index (χ0n) is 20.6. The second-order valence-electron chi connectivity index (χ2n) is 7.73. The van der Waals surface area contributed by atoms with Crippen LogP contribution in [0.1, 0.15) is 20.8 Å². The Labute approximate surface area is 234 Å². The van der Waals surface area contributed by atoms with Gasteiger partial charge in [-0.05, 0) is 36.4 Å². The van der Waals surface area contributed by atoms with Crippen LogP contribution in [0.25, 0.3) is 0 Å². The number of alkyl halides is 1. The van der Waals surface area contributed by atoms with Crippen molar-refractivity contribution in [3.05, 3.63) is 46.4 Å². The minimum Gasteiger partial charge on any atom is -0.488 e. The molecule has 38 heavy (non-hydrogen) atoms. The molecule has 0 saturated heterocycles. The van der Waals surface area contributed by atoms with Crippen LogP contribution in [-0.4, -0.2) is 64.2 Å². The van der Waals surface area contributed by atoms with E-state index in [9.17, 15) is 22.8 Å². The molecule has 208 valence electrons. The van der Waals surface area contributed by atoms with Crippen molar-refractivity contribution < 1.29 is 46.5 Å². The molecule has 2 atom stereocenters. The molecular formula is C24H25Cl3O10S. The number of halogens is 3. The highest BCUT2D eigenvalue weighted by Crippen LogP contribution is 2.33. The Morgan fingerprint density at radius 3 is 1.58 bits per heavy atom. The molecule has 0 aliphatic rings. The third-order valence-corrected chi connectivity index (χ3v) is 7.27. The number of hydrogen-bond donors (Lipinski definition) is 0. The van der Waals surface area contributed by atoms with Crippen molar-refractivity contribution in [1.29, 1.82) is 0 Å². The lowest BCUT2D eigenvalue weighted by Crippen LogP contribution is -2.29. The van der Waals surface area contributed by atoms with Crippen LogP contribution in [0.2, 0.25) is 10.0 Å². The second kappa shape index (κ2) is 14.4. The van der Waals surface area contributed by atoms with Crippen LogP contribution in [0.15, 0.2) is 46.2 Å². The lowest BCUT2D eigenvalue weighted by atomic mass is 10.3. The highest BCUT2D eigenvalue weighted by Gasteiger charge is 2.22. The summed E-state index contributed by atoms with van der Waals surface area (Å²) in [5, 5.41) is -0.0126. The van der Waals surface area contributed by atoms with Gasteiger partial charge in [-0.15, -0.1) is 11.6 Å². The van der Waals surface area contributed by atoms with Crippen molar-refractivity contribution >= 4 is 62.5 Å². The Morgan fingerprint density at radius 1 is 0.737 bits per heavy atom. The van der Waals surface area contributed by atoms with E-state index in [-0.39, 0.29) is 57.0 Å². The van der Waals surface area contributed by atoms with Gasteiger partial charge in [0.1, 0.15) is 37.4 Å². The Bertz CT molecular complexity index is 1270. The number of carbonyl (C=O) groups is 3. The predicted octanol–water partition coefficient (Wildman–Crippen LogP) is 4.25. The van der Waals surface area contributed by atoms with E-state index in [1.807, 2.05) is 0 Å². The van der Waals surface area contributed by atoms with Crippen LogP contribution in [-0.2, 0) is 38.4 Å². The van der Waals surface area contributed by atoms with Gasteiger partial charge in [0, 0.05) is 20.8 Å². The highest BCUT2D eigenvalue weighted by molar-refractivity contribution is 7.91. The van der Waals surface area contributed by atoms with Gasteiger partial charge in [0.05, 0.1) is 25.7 Å². The summed E-state index contributed by atoms with van der Waals surface area (Å²) in [5.74, 6) is -1.39. The summed E-state index contributed by atoms with van der Waals surface area (Å²) in [4.78, 5) is 33.2. The predicted molar refractivity (Wildman–Crippen MR) is 138 cm³/mol. The summed E-state index contributed by atoms with van der Waals surface area (Å²) in [5.41, 5.74) is 0. The fourth-order valence-corrected chi connectivity index (χ4v) is 5.00. The molecule has 2 aromatic rings. The largest absolute Gasteiger partial charge is 0.488 e. The maximum atomic E-state index is 13.2. The first kappa shape index (κ1) is 31.5. The normalized spacial score (nSPS) is 12.7. The molecule has 0 amide bonds. The molecule has 0 radical (unpaired) electrons. The van der Waals surface area contributed by atoms with Gasteiger partial charge in [-0.1, -0.05) is 23.2 Å². The van der Waals surface area contributed by atoms with Crippen molar-refractivity contribution in [2.75, 3.05) is 25.7 Å². The van der Waals surface area contributed by atoms with E-state index in [1.54, 1.807) is 0 Å². The molecule has 2 aromatic carbocycles. The summed E-state index contributed by atoms with van der Waals surface area (Å²) in [6, 6.07) is 7.70. The van der Waals surface area contributed by atoms with E-state index in [4.69, 9.17) is 58.5 Å².